The Morgan fingerprint density at radius 1 is 1.32 bits per heavy atom. The van der Waals surface area contributed by atoms with Crippen LogP contribution >= 0.6 is 0 Å². The zero-order valence-electron chi connectivity index (χ0n) is 18.3. The summed E-state index contributed by atoms with van der Waals surface area (Å²) in [4.78, 5) is 30.3. The average Bonchev–Trinajstić information content (AvgIpc) is 3.09. The number of para-hydroxylation sites is 1. The number of carbonyl (C=O) groups is 1. The van der Waals surface area contributed by atoms with E-state index >= 15 is 0 Å². The van der Waals surface area contributed by atoms with E-state index in [2.05, 4.69) is 0 Å². The van der Waals surface area contributed by atoms with Crippen LogP contribution in [-0.4, -0.2) is 20.6 Å². The van der Waals surface area contributed by atoms with Crippen LogP contribution in [0.5, 0.6) is 0 Å². The van der Waals surface area contributed by atoms with Crippen LogP contribution in [0.15, 0.2) is 35.1 Å². The van der Waals surface area contributed by atoms with E-state index in [1.807, 2.05) is 18.2 Å². The van der Waals surface area contributed by atoms with Gasteiger partial charge in [-0.3, -0.25) is 4.79 Å². The highest BCUT2D eigenvalue weighted by atomic mass is 16.6. The minimum atomic E-state index is -2.19. The van der Waals surface area contributed by atoms with Gasteiger partial charge >= 0.3 is 5.97 Å². The van der Waals surface area contributed by atoms with E-state index in [-0.39, 0.29) is 42.7 Å². The number of benzene rings is 1. The van der Waals surface area contributed by atoms with Crippen LogP contribution in [0.4, 0.5) is 0 Å². The highest BCUT2D eigenvalue weighted by Crippen LogP contribution is 2.40. The van der Waals surface area contributed by atoms with Crippen molar-refractivity contribution in [1.82, 2.24) is 9.55 Å². The lowest BCUT2D eigenvalue weighted by atomic mass is 9.86. The van der Waals surface area contributed by atoms with E-state index in [1.165, 1.54) is 4.57 Å². The molecule has 2 aliphatic rings. The van der Waals surface area contributed by atoms with Crippen LogP contribution in [0.25, 0.3) is 22.3 Å². The summed E-state index contributed by atoms with van der Waals surface area (Å²) in [5.74, 6) is -0.778. The van der Waals surface area contributed by atoms with Gasteiger partial charge in [0.25, 0.3) is 5.56 Å². The summed E-state index contributed by atoms with van der Waals surface area (Å²) >= 11 is 0. The van der Waals surface area contributed by atoms with E-state index in [4.69, 9.17) is 13.8 Å². The molecule has 5 rings (SSSR count). The van der Waals surface area contributed by atoms with E-state index in [0.29, 0.717) is 28.0 Å². The molecule has 0 fully saturated rings. The third kappa shape index (κ3) is 2.04. The summed E-state index contributed by atoms with van der Waals surface area (Å²) in [6, 6.07) is 8.92. The van der Waals surface area contributed by atoms with Crippen molar-refractivity contribution in [2.45, 2.75) is 45.4 Å². The molecule has 3 aromatic rings. The first-order valence-corrected chi connectivity index (χ1v) is 9.21. The van der Waals surface area contributed by atoms with Gasteiger partial charge in [0, 0.05) is 20.6 Å². The lowest BCUT2D eigenvalue weighted by Gasteiger charge is -2.31. The standard InChI is InChI=1S/C22H20N2O4/c1-3-12-13-7-5-6-8-17(13)23-19-14(12)10-24-18(19)9-16-15(20(24)25)11-28-21(26)22(16,27)4-2/h5-9,27H,3-4,10-11H2,1-2H3/t22-/m1/s1/i1D3. The number of carbonyl (C=O) groups excluding carboxylic acids is 1. The summed E-state index contributed by atoms with van der Waals surface area (Å²) in [5, 5.41) is 11.7. The number of rotatable bonds is 2. The molecule has 1 atom stereocenters. The monoisotopic (exact) mass is 379 g/mol. The molecule has 1 aromatic carbocycles. The second-order valence-corrected chi connectivity index (χ2v) is 7.21. The molecule has 1 N–H and O–H groups in total. The molecule has 142 valence electrons. The van der Waals surface area contributed by atoms with Gasteiger partial charge in [0.2, 0.25) is 0 Å². The van der Waals surface area contributed by atoms with Crippen LogP contribution in [0.3, 0.4) is 0 Å². The Morgan fingerprint density at radius 2 is 2.14 bits per heavy atom. The fourth-order valence-electron chi connectivity index (χ4n) is 4.31. The van der Waals surface area contributed by atoms with Crippen LogP contribution in [0.2, 0.25) is 0 Å². The molecule has 0 radical (unpaired) electrons. The largest absolute Gasteiger partial charge is 0.458 e. The quantitative estimate of drug-likeness (QED) is 0.542. The highest BCUT2D eigenvalue weighted by Gasteiger charge is 2.45. The average molecular weight is 379 g/mol. The molecular formula is C22H20N2O4. The van der Waals surface area contributed by atoms with E-state index in [9.17, 15) is 14.7 Å². The minimum Gasteiger partial charge on any atom is -0.458 e. The first kappa shape index (κ1) is 14.1. The van der Waals surface area contributed by atoms with Crippen molar-refractivity contribution in [3.63, 3.8) is 0 Å². The zero-order valence-corrected chi connectivity index (χ0v) is 15.3. The number of hydrogen-bond acceptors (Lipinski definition) is 5. The minimum absolute atomic E-state index is 0.0596. The van der Waals surface area contributed by atoms with E-state index in [0.717, 1.165) is 5.39 Å². The van der Waals surface area contributed by atoms with Crippen molar-refractivity contribution in [3.8, 4) is 11.4 Å². The van der Waals surface area contributed by atoms with Gasteiger partial charge in [-0.2, -0.15) is 0 Å². The van der Waals surface area contributed by atoms with Gasteiger partial charge in [-0.15, -0.1) is 0 Å². The van der Waals surface area contributed by atoms with Gasteiger partial charge in [-0.25, -0.2) is 9.78 Å². The molecule has 4 heterocycles. The molecule has 6 nitrogen and oxygen atoms in total. The summed E-state index contributed by atoms with van der Waals surface area (Å²) in [6.07, 6.45) is -0.0919. The van der Waals surface area contributed by atoms with Gasteiger partial charge in [0.15, 0.2) is 5.60 Å². The van der Waals surface area contributed by atoms with Crippen molar-refractivity contribution in [2.75, 3.05) is 0 Å². The first-order chi connectivity index (χ1) is 14.6. The molecule has 0 unspecified atom stereocenters. The summed E-state index contributed by atoms with van der Waals surface area (Å²) < 4.78 is 30.0. The topological polar surface area (TPSA) is 81.4 Å². The van der Waals surface area contributed by atoms with Crippen LogP contribution < -0.4 is 5.56 Å². The lowest BCUT2D eigenvalue weighted by Crippen LogP contribution is -2.44. The first-order valence-electron chi connectivity index (χ1n) is 10.7. The number of cyclic esters (lactones) is 1. The molecule has 2 aromatic heterocycles. The van der Waals surface area contributed by atoms with Crippen molar-refractivity contribution in [1.29, 1.82) is 0 Å². The molecule has 0 saturated carbocycles. The number of ether oxygens (including phenoxy) is 1. The number of aromatic nitrogens is 2. The van der Waals surface area contributed by atoms with E-state index < -0.39 is 18.4 Å². The van der Waals surface area contributed by atoms with Gasteiger partial charge in [-0.05, 0) is 30.5 Å². The lowest BCUT2D eigenvalue weighted by molar-refractivity contribution is -0.172. The smallest absolute Gasteiger partial charge is 0.343 e. The van der Waals surface area contributed by atoms with Gasteiger partial charge in [-0.1, -0.05) is 32.0 Å². The summed E-state index contributed by atoms with van der Waals surface area (Å²) in [7, 11) is 0. The molecule has 0 amide bonds. The third-order valence-corrected chi connectivity index (χ3v) is 5.89. The molecule has 2 aliphatic heterocycles. The van der Waals surface area contributed by atoms with Gasteiger partial charge in [0.1, 0.15) is 6.61 Å². The fourth-order valence-corrected chi connectivity index (χ4v) is 4.31. The predicted molar refractivity (Wildman–Crippen MR) is 104 cm³/mol. The Labute approximate surface area is 165 Å². The number of hydrogen-bond donors (Lipinski definition) is 1. The number of aryl methyl sites for hydroxylation is 1. The van der Waals surface area contributed by atoms with Crippen molar-refractivity contribution >= 4 is 16.9 Å². The molecule has 6 heteroatoms. The number of nitrogens with zero attached hydrogens (tertiary/aromatic N) is 2. The number of aliphatic hydroxyl groups is 1. The predicted octanol–water partition coefficient (Wildman–Crippen LogP) is 2.64. The SMILES string of the molecule is [2H]C([2H])([2H])Cc1c2c(nc3ccccc13)-c1cc3c(c(=O)n1C2)COC(=O)[C@@]3(O)CC. The maximum atomic E-state index is 13.3. The summed E-state index contributed by atoms with van der Waals surface area (Å²) in [5.41, 5.74) is 1.14. The Bertz CT molecular complexity index is 1330. The maximum Gasteiger partial charge on any atom is 0.343 e. The van der Waals surface area contributed by atoms with Crippen LogP contribution in [0, 0.1) is 0 Å². The number of esters is 1. The Hall–Kier alpha value is -2.99. The zero-order chi connectivity index (χ0) is 22.1. The number of pyridine rings is 2. The normalized spacial score (nSPS) is 21.9. The third-order valence-electron chi connectivity index (χ3n) is 5.89. The van der Waals surface area contributed by atoms with Crippen LogP contribution in [0.1, 0.15) is 46.6 Å². The number of fused-ring (bicyclic) bond motifs is 5. The second kappa shape index (κ2) is 5.75. The van der Waals surface area contributed by atoms with Crippen LogP contribution in [-0.2, 0) is 34.7 Å². The second-order valence-electron chi connectivity index (χ2n) is 7.21. The van der Waals surface area contributed by atoms with Crippen molar-refractivity contribution in [3.05, 3.63) is 62.9 Å². The Morgan fingerprint density at radius 3 is 2.93 bits per heavy atom. The molecule has 0 saturated heterocycles. The van der Waals surface area contributed by atoms with Gasteiger partial charge in [0.05, 0.1) is 29.0 Å². The Balaban J connectivity index is 1.82. The molecule has 0 aliphatic carbocycles. The molecular weight excluding hydrogens is 356 g/mol. The Kier molecular flexibility index (Phi) is 2.89. The molecule has 28 heavy (non-hydrogen) atoms. The molecule has 0 spiro atoms. The highest BCUT2D eigenvalue weighted by molar-refractivity contribution is 5.89. The van der Waals surface area contributed by atoms with Crippen molar-refractivity contribution < 1.29 is 18.8 Å². The maximum absolute atomic E-state index is 13.3. The summed E-state index contributed by atoms with van der Waals surface area (Å²) in [6.45, 7) is -0.572. The fraction of sp³-hybridized carbons (Fsp3) is 0.318. The van der Waals surface area contributed by atoms with Gasteiger partial charge < -0.3 is 14.4 Å². The molecule has 0 bridgehead atoms. The van der Waals surface area contributed by atoms with E-state index in [1.54, 1.807) is 19.1 Å². The van der Waals surface area contributed by atoms with Crippen molar-refractivity contribution in [2.24, 2.45) is 0 Å².